The van der Waals surface area contributed by atoms with Crippen LogP contribution in [0.5, 0.6) is 0 Å². The second-order valence-electron chi connectivity index (χ2n) is 4.36. The molecular weight excluding hydrogens is 381 g/mol. The van der Waals surface area contributed by atoms with E-state index in [1.807, 2.05) is 18.2 Å². The zero-order chi connectivity index (χ0) is 15.4. The molecule has 0 saturated carbocycles. The standard InChI is InChI=1S/C15H14IN3O2/c1-10(20)19(12-8-6-11(17)7-9-12)15(21)18-14-5-3-2-4-13(14)16/h2-9H,17H2,1H3,(H,18,21). The molecular formula is C15H14IN3O2. The summed E-state index contributed by atoms with van der Waals surface area (Å²) in [5.74, 6) is -0.372. The van der Waals surface area contributed by atoms with Crippen molar-refractivity contribution in [3.8, 4) is 0 Å². The summed E-state index contributed by atoms with van der Waals surface area (Å²) < 4.78 is 0.893. The van der Waals surface area contributed by atoms with Crippen molar-refractivity contribution in [1.29, 1.82) is 0 Å². The van der Waals surface area contributed by atoms with Crippen LogP contribution < -0.4 is 16.0 Å². The molecule has 2 aromatic carbocycles. The van der Waals surface area contributed by atoms with Crippen LogP contribution in [0.4, 0.5) is 21.9 Å². The van der Waals surface area contributed by atoms with Crippen LogP contribution in [-0.2, 0) is 4.79 Å². The number of carbonyl (C=O) groups excluding carboxylic acids is 2. The Hall–Kier alpha value is -2.09. The van der Waals surface area contributed by atoms with Crippen LogP contribution in [0, 0.1) is 3.57 Å². The molecule has 5 nitrogen and oxygen atoms in total. The number of urea groups is 1. The fourth-order valence-electron chi connectivity index (χ4n) is 1.80. The van der Waals surface area contributed by atoms with Gasteiger partial charge in [0.2, 0.25) is 5.91 Å². The van der Waals surface area contributed by atoms with Crippen LogP contribution in [0.25, 0.3) is 0 Å². The summed E-state index contributed by atoms with van der Waals surface area (Å²) in [6.45, 7) is 1.34. The van der Waals surface area contributed by atoms with Gasteiger partial charge in [-0.25, -0.2) is 9.69 Å². The van der Waals surface area contributed by atoms with E-state index in [9.17, 15) is 9.59 Å². The molecule has 0 aliphatic carbocycles. The molecule has 2 aromatic rings. The van der Waals surface area contributed by atoms with Crippen molar-refractivity contribution in [2.75, 3.05) is 16.0 Å². The van der Waals surface area contributed by atoms with Gasteiger partial charge >= 0.3 is 6.03 Å². The minimum atomic E-state index is -0.503. The lowest BCUT2D eigenvalue weighted by atomic mass is 10.2. The van der Waals surface area contributed by atoms with E-state index >= 15 is 0 Å². The molecule has 108 valence electrons. The lowest BCUT2D eigenvalue weighted by Crippen LogP contribution is -2.38. The minimum Gasteiger partial charge on any atom is -0.399 e. The molecule has 0 aliphatic rings. The van der Waals surface area contributed by atoms with E-state index in [1.54, 1.807) is 30.3 Å². The van der Waals surface area contributed by atoms with Gasteiger partial charge in [-0.1, -0.05) is 12.1 Å². The average Bonchev–Trinajstić information content (AvgIpc) is 2.43. The summed E-state index contributed by atoms with van der Waals surface area (Å²) in [6.07, 6.45) is 0. The minimum absolute atomic E-state index is 0.372. The molecule has 0 radical (unpaired) electrons. The van der Waals surface area contributed by atoms with Gasteiger partial charge in [0.1, 0.15) is 0 Å². The van der Waals surface area contributed by atoms with Gasteiger partial charge in [0.05, 0.1) is 11.4 Å². The van der Waals surface area contributed by atoms with E-state index in [0.717, 1.165) is 8.47 Å². The number of nitrogens with one attached hydrogen (secondary N) is 1. The molecule has 0 spiro atoms. The number of hydrogen-bond acceptors (Lipinski definition) is 3. The Morgan fingerprint density at radius 2 is 1.71 bits per heavy atom. The number of halogens is 1. The first-order valence-corrected chi connectivity index (χ1v) is 7.28. The number of nitrogen functional groups attached to an aromatic ring is 1. The van der Waals surface area contributed by atoms with E-state index in [4.69, 9.17) is 5.73 Å². The summed E-state index contributed by atoms with van der Waals surface area (Å²) >= 11 is 2.12. The van der Waals surface area contributed by atoms with Gasteiger partial charge in [-0.3, -0.25) is 4.79 Å². The Bertz CT molecular complexity index is 671. The number of nitrogens with zero attached hydrogens (tertiary/aromatic N) is 1. The summed E-state index contributed by atoms with van der Waals surface area (Å²) in [4.78, 5) is 25.2. The maximum atomic E-state index is 12.4. The SMILES string of the molecule is CC(=O)N(C(=O)Nc1ccccc1I)c1ccc(N)cc1. The van der Waals surface area contributed by atoms with Gasteiger partial charge in [0.25, 0.3) is 0 Å². The highest BCUT2D eigenvalue weighted by Gasteiger charge is 2.20. The first-order valence-electron chi connectivity index (χ1n) is 6.21. The third kappa shape index (κ3) is 3.72. The van der Waals surface area contributed by atoms with E-state index in [-0.39, 0.29) is 5.91 Å². The van der Waals surface area contributed by atoms with E-state index in [2.05, 4.69) is 27.9 Å². The Morgan fingerprint density at radius 1 is 1.10 bits per heavy atom. The van der Waals surface area contributed by atoms with E-state index in [0.29, 0.717) is 17.1 Å². The molecule has 0 heterocycles. The molecule has 0 unspecified atom stereocenters. The van der Waals surface area contributed by atoms with Crippen molar-refractivity contribution in [3.63, 3.8) is 0 Å². The predicted octanol–water partition coefficient (Wildman–Crippen LogP) is 3.46. The number of amides is 3. The largest absolute Gasteiger partial charge is 0.399 e. The number of anilines is 3. The van der Waals surface area contributed by atoms with Crippen LogP contribution in [0.2, 0.25) is 0 Å². The highest BCUT2D eigenvalue weighted by atomic mass is 127. The molecule has 2 rings (SSSR count). The highest BCUT2D eigenvalue weighted by Crippen LogP contribution is 2.21. The number of imide groups is 1. The molecule has 21 heavy (non-hydrogen) atoms. The molecule has 3 amide bonds. The summed E-state index contributed by atoms with van der Waals surface area (Å²) in [5, 5.41) is 2.73. The number of carbonyl (C=O) groups is 2. The number of benzene rings is 2. The lowest BCUT2D eigenvalue weighted by Gasteiger charge is -2.20. The van der Waals surface area contributed by atoms with E-state index < -0.39 is 6.03 Å². The molecule has 3 N–H and O–H groups in total. The summed E-state index contributed by atoms with van der Waals surface area (Å²) in [7, 11) is 0. The van der Waals surface area contributed by atoms with Gasteiger partial charge in [0, 0.05) is 16.2 Å². The van der Waals surface area contributed by atoms with Gasteiger partial charge in [0.15, 0.2) is 0 Å². The zero-order valence-corrected chi connectivity index (χ0v) is 13.5. The van der Waals surface area contributed by atoms with Gasteiger partial charge < -0.3 is 11.1 Å². The van der Waals surface area contributed by atoms with Crippen LogP contribution in [0.15, 0.2) is 48.5 Å². The second kappa shape index (κ2) is 6.57. The molecule has 6 heteroatoms. The maximum Gasteiger partial charge on any atom is 0.333 e. The van der Waals surface area contributed by atoms with Crippen molar-refractivity contribution in [2.45, 2.75) is 6.92 Å². The first-order chi connectivity index (χ1) is 9.99. The fourth-order valence-corrected chi connectivity index (χ4v) is 2.32. The van der Waals surface area contributed by atoms with Gasteiger partial charge in [-0.15, -0.1) is 0 Å². The Kier molecular flexibility index (Phi) is 4.79. The third-order valence-electron chi connectivity index (χ3n) is 2.78. The summed E-state index contributed by atoms with van der Waals surface area (Å²) in [6, 6.07) is 13.4. The van der Waals surface area contributed by atoms with Crippen LogP contribution in [0.3, 0.4) is 0 Å². The fraction of sp³-hybridized carbons (Fsp3) is 0.0667. The zero-order valence-electron chi connectivity index (χ0n) is 11.3. The molecule has 0 aromatic heterocycles. The molecule has 0 saturated heterocycles. The number of rotatable bonds is 2. The Labute approximate surface area is 136 Å². The van der Waals surface area contributed by atoms with Gasteiger partial charge in [-0.05, 0) is 59.0 Å². The number of para-hydroxylation sites is 1. The van der Waals surface area contributed by atoms with Crippen molar-refractivity contribution in [3.05, 3.63) is 52.1 Å². The van der Waals surface area contributed by atoms with Crippen LogP contribution in [-0.4, -0.2) is 11.9 Å². The Morgan fingerprint density at radius 3 is 2.29 bits per heavy atom. The normalized spacial score (nSPS) is 10.0. The highest BCUT2D eigenvalue weighted by molar-refractivity contribution is 14.1. The molecule has 0 bridgehead atoms. The van der Waals surface area contributed by atoms with Crippen molar-refractivity contribution in [1.82, 2.24) is 0 Å². The smallest absolute Gasteiger partial charge is 0.333 e. The monoisotopic (exact) mass is 395 g/mol. The molecule has 0 atom stereocenters. The van der Waals surface area contributed by atoms with Crippen molar-refractivity contribution < 1.29 is 9.59 Å². The maximum absolute atomic E-state index is 12.4. The summed E-state index contributed by atoms with van der Waals surface area (Å²) in [5.41, 5.74) is 7.32. The predicted molar refractivity (Wildman–Crippen MR) is 92.2 cm³/mol. The van der Waals surface area contributed by atoms with Crippen molar-refractivity contribution in [2.24, 2.45) is 0 Å². The van der Waals surface area contributed by atoms with Crippen LogP contribution >= 0.6 is 22.6 Å². The molecule has 0 aliphatic heterocycles. The van der Waals surface area contributed by atoms with Crippen molar-refractivity contribution >= 4 is 51.6 Å². The quantitative estimate of drug-likeness (QED) is 0.604. The lowest BCUT2D eigenvalue weighted by molar-refractivity contribution is -0.115. The third-order valence-corrected chi connectivity index (χ3v) is 3.73. The first kappa shape index (κ1) is 15.3. The Balaban J connectivity index is 2.26. The van der Waals surface area contributed by atoms with Gasteiger partial charge in [-0.2, -0.15) is 0 Å². The average molecular weight is 395 g/mol. The topological polar surface area (TPSA) is 75.4 Å². The van der Waals surface area contributed by atoms with E-state index in [1.165, 1.54) is 6.92 Å². The second-order valence-corrected chi connectivity index (χ2v) is 5.52. The van der Waals surface area contributed by atoms with Crippen LogP contribution in [0.1, 0.15) is 6.92 Å². The number of hydrogen-bond donors (Lipinski definition) is 2. The molecule has 0 fully saturated rings. The number of nitrogens with two attached hydrogens (primary N) is 1.